The van der Waals surface area contributed by atoms with Crippen molar-refractivity contribution in [2.24, 2.45) is 17.8 Å². The minimum atomic E-state index is -1.23. The van der Waals surface area contributed by atoms with Gasteiger partial charge in [-0.1, -0.05) is 54.6 Å². The average molecular weight is 396 g/mol. The van der Waals surface area contributed by atoms with Crippen molar-refractivity contribution in [1.82, 2.24) is 0 Å². The number of benzene rings is 1. The second-order valence-corrected chi connectivity index (χ2v) is 7.57. The van der Waals surface area contributed by atoms with Gasteiger partial charge in [-0.15, -0.1) is 0 Å². The van der Waals surface area contributed by atoms with Crippen molar-refractivity contribution in [3.05, 3.63) is 60.2 Å². The van der Waals surface area contributed by atoms with E-state index in [2.05, 4.69) is 12.2 Å². The van der Waals surface area contributed by atoms with E-state index in [0.29, 0.717) is 0 Å². The fourth-order valence-corrected chi connectivity index (χ4v) is 6.12. The summed E-state index contributed by atoms with van der Waals surface area (Å²) in [5, 5.41) is 9.65. The Hall–Kier alpha value is -1.30. The molecule has 1 N–H and O–H groups in total. The predicted molar refractivity (Wildman–Crippen MR) is 88.7 cm³/mol. The summed E-state index contributed by atoms with van der Waals surface area (Å²) < 4.78 is 11.8. The number of alkyl halides is 1. The molecular formula is C17H17IO3. The van der Waals surface area contributed by atoms with Gasteiger partial charge in [-0.2, -0.15) is 0 Å². The van der Waals surface area contributed by atoms with E-state index in [9.17, 15) is 13.0 Å². The van der Waals surface area contributed by atoms with Crippen LogP contribution in [0, 0.1) is 17.8 Å². The molecular weight excluding hydrogens is 379 g/mol. The molecule has 1 unspecified atom stereocenters. The molecule has 3 rings (SSSR count). The van der Waals surface area contributed by atoms with Gasteiger partial charge in [0, 0.05) is 5.92 Å². The van der Waals surface area contributed by atoms with Crippen molar-refractivity contribution in [2.45, 2.75) is 16.3 Å². The first kappa shape index (κ1) is 14.6. The molecule has 0 bridgehead atoms. The summed E-state index contributed by atoms with van der Waals surface area (Å²) in [5.41, 5.74) is 1.01. The van der Waals surface area contributed by atoms with Crippen LogP contribution in [0.2, 0.25) is 0 Å². The molecule has 0 spiro atoms. The van der Waals surface area contributed by atoms with Gasteiger partial charge < -0.3 is 5.11 Å². The van der Waals surface area contributed by atoms with E-state index in [4.69, 9.17) is 0 Å². The summed E-state index contributed by atoms with van der Waals surface area (Å²) in [6.07, 6.45) is 8.96. The van der Waals surface area contributed by atoms with Gasteiger partial charge in [0.15, 0.2) is 0 Å². The Morgan fingerprint density at radius 2 is 1.95 bits per heavy atom. The van der Waals surface area contributed by atoms with Crippen LogP contribution in [0.25, 0.3) is 0 Å². The number of allylic oxidation sites excluding steroid dienone is 4. The zero-order valence-electron chi connectivity index (χ0n) is 11.4. The number of carboxylic acids is 1. The molecule has 21 heavy (non-hydrogen) atoms. The fraction of sp³-hybridized carbons (Fsp3) is 0.353. The maximum atomic E-state index is 11.8. The number of aliphatic carboxylic acids is 1. The Balaban J connectivity index is 1.91. The van der Waals surface area contributed by atoms with Crippen molar-refractivity contribution in [2.75, 3.05) is 0 Å². The molecule has 110 valence electrons. The summed E-state index contributed by atoms with van der Waals surface area (Å²) >= 11 is -1.23. The maximum absolute atomic E-state index is 11.8. The molecule has 0 aliphatic heterocycles. The number of hydrogen-bond donors (Lipinski definition) is 1. The normalized spacial score (nSPS) is 34.4. The second kappa shape index (κ2) is 6.22. The van der Waals surface area contributed by atoms with Crippen molar-refractivity contribution >= 4 is 27.2 Å². The summed E-state index contributed by atoms with van der Waals surface area (Å²) in [5.74, 6) is -1.08. The zero-order valence-corrected chi connectivity index (χ0v) is 13.6. The summed E-state index contributed by atoms with van der Waals surface area (Å²) in [4.78, 5) is 11.7. The van der Waals surface area contributed by atoms with Gasteiger partial charge in [0.25, 0.3) is 0 Å². The van der Waals surface area contributed by atoms with Crippen molar-refractivity contribution in [3.63, 3.8) is 0 Å². The molecule has 1 fully saturated rings. The summed E-state index contributed by atoms with van der Waals surface area (Å²) in [6, 6.07) is 9.68. The second-order valence-electron chi connectivity index (χ2n) is 5.62. The molecule has 3 nitrogen and oxygen atoms in total. The first-order valence-corrected chi connectivity index (χ1v) is 9.23. The standard InChI is InChI=1S/C17H17IO3/c19-17(20)15-13(11-7-3-1-4-8-11)16(18-21)14(15)12-9-5-2-6-10-12/h1-9,12-16H,10H2,(H,19,20)/t12?,13-,14-,15+,16-/m0/s1. The first-order chi connectivity index (χ1) is 10.2. The van der Waals surface area contributed by atoms with Crippen LogP contribution in [0.1, 0.15) is 17.9 Å². The highest BCUT2D eigenvalue weighted by molar-refractivity contribution is 14.1. The van der Waals surface area contributed by atoms with Crippen LogP contribution in [-0.2, 0) is 7.86 Å². The smallest absolute Gasteiger partial charge is 0.307 e. The Labute approximate surface area is 134 Å². The number of carboxylic acid groups (broad SMARTS) is 1. The molecule has 1 saturated carbocycles. The summed E-state index contributed by atoms with van der Waals surface area (Å²) in [7, 11) is 0. The number of halogens is 1. The molecule has 0 heterocycles. The molecule has 5 atom stereocenters. The lowest BCUT2D eigenvalue weighted by molar-refractivity contribution is -0.149. The van der Waals surface area contributed by atoms with E-state index in [1.807, 2.05) is 42.5 Å². The average Bonchev–Trinajstić information content (AvgIpc) is 2.48. The van der Waals surface area contributed by atoms with Crippen LogP contribution >= 0.6 is 21.2 Å². The molecule has 2 aliphatic rings. The molecule has 2 aliphatic carbocycles. The minimum Gasteiger partial charge on any atom is -0.481 e. The number of carbonyl (C=O) groups is 1. The van der Waals surface area contributed by atoms with Gasteiger partial charge >= 0.3 is 5.97 Å². The predicted octanol–water partition coefficient (Wildman–Crippen LogP) is 3.92. The molecule has 0 saturated heterocycles. The lowest BCUT2D eigenvalue weighted by Gasteiger charge is -2.50. The van der Waals surface area contributed by atoms with E-state index in [1.165, 1.54) is 0 Å². The van der Waals surface area contributed by atoms with Gasteiger partial charge in [-0.05, 0) is 23.8 Å². The zero-order chi connectivity index (χ0) is 14.8. The van der Waals surface area contributed by atoms with Crippen LogP contribution in [0.4, 0.5) is 0 Å². The van der Waals surface area contributed by atoms with E-state index in [1.54, 1.807) is 0 Å². The molecule has 0 amide bonds. The summed E-state index contributed by atoms with van der Waals surface area (Å²) in [6.45, 7) is 0. The quantitative estimate of drug-likeness (QED) is 0.620. The lowest BCUT2D eigenvalue weighted by Crippen LogP contribution is -2.53. The van der Waals surface area contributed by atoms with Crippen LogP contribution in [0.15, 0.2) is 54.6 Å². The Morgan fingerprint density at radius 1 is 1.19 bits per heavy atom. The topological polar surface area (TPSA) is 54.4 Å². The van der Waals surface area contributed by atoms with E-state index in [-0.39, 0.29) is 21.7 Å². The Morgan fingerprint density at radius 3 is 2.52 bits per heavy atom. The molecule has 0 aromatic heterocycles. The SMILES string of the molecule is O=I[C@H]1[C@@H](c2ccccc2)[C@@H](C(=O)O)[C@@H]1C1C=CC=CC1. The molecule has 1 aromatic carbocycles. The van der Waals surface area contributed by atoms with Gasteiger partial charge in [0.1, 0.15) is 21.2 Å². The molecule has 1 aromatic rings. The Bertz CT molecular complexity index is 593. The highest BCUT2D eigenvalue weighted by Crippen LogP contribution is 2.57. The van der Waals surface area contributed by atoms with E-state index >= 15 is 0 Å². The highest BCUT2D eigenvalue weighted by Gasteiger charge is 2.57. The van der Waals surface area contributed by atoms with Crippen LogP contribution < -0.4 is 0 Å². The highest BCUT2D eigenvalue weighted by atomic mass is 127. The molecule has 0 radical (unpaired) electrons. The van der Waals surface area contributed by atoms with Gasteiger partial charge in [-0.25, -0.2) is 0 Å². The minimum absolute atomic E-state index is 0.000735. The third-order valence-corrected chi connectivity index (χ3v) is 6.79. The third kappa shape index (κ3) is 2.61. The van der Waals surface area contributed by atoms with Crippen LogP contribution in [0.3, 0.4) is 0 Å². The van der Waals surface area contributed by atoms with Gasteiger partial charge in [0.2, 0.25) is 0 Å². The molecule has 4 heteroatoms. The van der Waals surface area contributed by atoms with Crippen LogP contribution in [0.5, 0.6) is 0 Å². The Kier molecular flexibility index (Phi) is 4.33. The van der Waals surface area contributed by atoms with E-state index < -0.39 is 33.1 Å². The van der Waals surface area contributed by atoms with E-state index in [0.717, 1.165) is 12.0 Å². The lowest BCUT2D eigenvalue weighted by atomic mass is 9.57. The number of rotatable bonds is 4. The maximum Gasteiger partial charge on any atom is 0.307 e. The van der Waals surface area contributed by atoms with Crippen molar-refractivity contribution in [3.8, 4) is 0 Å². The van der Waals surface area contributed by atoms with Gasteiger partial charge in [-0.3, -0.25) is 7.86 Å². The first-order valence-electron chi connectivity index (χ1n) is 7.10. The number of hydrogen-bond acceptors (Lipinski definition) is 2. The van der Waals surface area contributed by atoms with Crippen molar-refractivity contribution < 1.29 is 13.0 Å². The van der Waals surface area contributed by atoms with Crippen LogP contribution in [-0.4, -0.2) is 15.0 Å². The van der Waals surface area contributed by atoms with Gasteiger partial charge in [0.05, 0.1) is 9.84 Å². The van der Waals surface area contributed by atoms with Crippen molar-refractivity contribution in [1.29, 1.82) is 0 Å². The third-order valence-electron chi connectivity index (χ3n) is 4.59. The monoisotopic (exact) mass is 396 g/mol. The largest absolute Gasteiger partial charge is 0.481 e. The fourth-order valence-electron chi connectivity index (χ4n) is 3.62.